The van der Waals surface area contributed by atoms with Gasteiger partial charge in [-0.05, 0) is 36.8 Å². The number of carbonyl (C=O) groups excluding carboxylic acids is 1. The molecule has 0 bridgehead atoms. The first-order valence-corrected chi connectivity index (χ1v) is 10.1. The van der Waals surface area contributed by atoms with E-state index in [4.69, 9.17) is 10.8 Å². The van der Waals surface area contributed by atoms with Crippen LogP contribution in [0.4, 0.5) is 5.82 Å². The second-order valence-electron chi connectivity index (χ2n) is 7.32. The van der Waals surface area contributed by atoms with Gasteiger partial charge in [-0.25, -0.2) is 14.6 Å². The summed E-state index contributed by atoms with van der Waals surface area (Å²) < 4.78 is 1.86. The summed E-state index contributed by atoms with van der Waals surface area (Å²) in [4.78, 5) is 22.4. The first-order valence-electron chi connectivity index (χ1n) is 10.1. The molecule has 4 rings (SSSR count). The van der Waals surface area contributed by atoms with Crippen molar-refractivity contribution in [3.63, 3.8) is 0 Å². The summed E-state index contributed by atoms with van der Waals surface area (Å²) in [7, 11) is 0. The van der Waals surface area contributed by atoms with Gasteiger partial charge in [-0.15, -0.1) is 0 Å². The minimum absolute atomic E-state index is 0.0133. The van der Waals surface area contributed by atoms with Crippen molar-refractivity contribution in [2.75, 3.05) is 18.8 Å². The van der Waals surface area contributed by atoms with E-state index in [9.17, 15) is 4.79 Å². The van der Waals surface area contributed by atoms with E-state index in [-0.39, 0.29) is 11.9 Å². The van der Waals surface area contributed by atoms with Crippen molar-refractivity contribution >= 4 is 22.8 Å². The highest BCUT2D eigenvalue weighted by Crippen LogP contribution is 2.28. The van der Waals surface area contributed by atoms with Gasteiger partial charge in [0, 0.05) is 19.5 Å². The molecule has 1 aromatic carbocycles. The number of nitrogens with two attached hydrogens (primary N) is 1. The van der Waals surface area contributed by atoms with Crippen LogP contribution in [0.5, 0.6) is 0 Å². The highest BCUT2D eigenvalue weighted by atomic mass is 16.2. The maximum absolute atomic E-state index is 12.1. The number of fused-ring (bicyclic) bond motifs is 1. The molecule has 1 atom stereocenters. The molecular weight excluding hydrogens is 376 g/mol. The van der Waals surface area contributed by atoms with Crippen LogP contribution in [0.25, 0.3) is 11.0 Å². The first-order chi connectivity index (χ1) is 14.7. The molecule has 152 valence electrons. The van der Waals surface area contributed by atoms with Crippen LogP contribution in [0.1, 0.15) is 36.6 Å². The average molecular weight is 400 g/mol. The number of rotatable bonds is 4. The summed E-state index contributed by atoms with van der Waals surface area (Å²) in [5, 5.41) is 5.41. The van der Waals surface area contributed by atoms with Crippen LogP contribution in [0.3, 0.4) is 0 Å². The van der Waals surface area contributed by atoms with E-state index in [0.29, 0.717) is 29.1 Å². The number of nitrogen functional groups attached to an aromatic ring is 1. The third kappa shape index (κ3) is 4.03. The van der Waals surface area contributed by atoms with Gasteiger partial charge in [-0.1, -0.05) is 42.8 Å². The molecule has 0 radical (unpaired) electrons. The first kappa shape index (κ1) is 19.6. The van der Waals surface area contributed by atoms with Gasteiger partial charge in [-0.3, -0.25) is 4.79 Å². The fourth-order valence-electron chi connectivity index (χ4n) is 3.82. The van der Waals surface area contributed by atoms with Gasteiger partial charge in [0.2, 0.25) is 5.91 Å². The molecule has 2 aromatic heterocycles. The van der Waals surface area contributed by atoms with E-state index in [1.165, 1.54) is 18.0 Å². The van der Waals surface area contributed by atoms with Crippen molar-refractivity contribution in [1.29, 1.82) is 0 Å². The molecule has 0 saturated carbocycles. The van der Waals surface area contributed by atoms with E-state index in [0.717, 1.165) is 32.2 Å². The van der Waals surface area contributed by atoms with Crippen molar-refractivity contribution in [3.05, 3.63) is 60.6 Å². The Kier molecular flexibility index (Phi) is 5.75. The predicted octanol–water partition coefficient (Wildman–Crippen LogP) is 2.74. The van der Waals surface area contributed by atoms with Crippen molar-refractivity contribution < 1.29 is 4.79 Å². The Morgan fingerprint density at radius 1 is 1.30 bits per heavy atom. The number of piperidine rings is 1. The maximum Gasteiger partial charge on any atom is 0.246 e. The van der Waals surface area contributed by atoms with Crippen LogP contribution in [-0.2, 0) is 11.2 Å². The van der Waals surface area contributed by atoms with E-state index in [1.54, 1.807) is 4.90 Å². The third-order valence-corrected chi connectivity index (χ3v) is 5.34. The number of carbonyl (C=O) groups is 1. The molecule has 1 aliphatic heterocycles. The minimum atomic E-state index is -0.0637. The second kappa shape index (κ2) is 8.78. The summed E-state index contributed by atoms with van der Waals surface area (Å²) in [5.74, 6) is 6.68. The second-order valence-corrected chi connectivity index (χ2v) is 7.32. The van der Waals surface area contributed by atoms with E-state index < -0.39 is 0 Å². The number of aryl methyl sites for hydroxylation is 1. The lowest BCUT2D eigenvalue weighted by Gasteiger charge is -2.32. The number of anilines is 1. The highest BCUT2D eigenvalue weighted by Gasteiger charge is 2.27. The lowest BCUT2D eigenvalue weighted by molar-refractivity contribution is -0.127. The Balaban J connectivity index is 1.61. The largest absolute Gasteiger partial charge is 0.383 e. The van der Waals surface area contributed by atoms with Crippen LogP contribution >= 0.6 is 0 Å². The molecule has 7 nitrogen and oxygen atoms in total. The number of benzene rings is 1. The van der Waals surface area contributed by atoms with E-state index in [1.807, 2.05) is 22.9 Å². The van der Waals surface area contributed by atoms with Gasteiger partial charge in [0.15, 0.2) is 5.65 Å². The third-order valence-electron chi connectivity index (χ3n) is 5.34. The fraction of sp³-hybridized carbons (Fsp3) is 0.304. The summed E-state index contributed by atoms with van der Waals surface area (Å²) >= 11 is 0. The van der Waals surface area contributed by atoms with Crippen molar-refractivity contribution in [2.45, 2.75) is 31.7 Å². The summed E-state index contributed by atoms with van der Waals surface area (Å²) in [5.41, 5.74) is 8.64. The molecule has 1 amide bonds. The summed E-state index contributed by atoms with van der Waals surface area (Å²) in [6, 6.07) is 10.3. The van der Waals surface area contributed by atoms with Crippen molar-refractivity contribution in [2.24, 2.45) is 0 Å². The Morgan fingerprint density at radius 3 is 2.93 bits per heavy atom. The lowest BCUT2D eigenvalue weighted by Crippen LogP contribution is -2.40. The Labute approximate surface area is 175 Å². The number of nitrogens with zero attached hydrogens (tertiary/aromatic N) is 5. The molecule has 1 saturated heterocycles. The Hall–Kier alpha value is -3.66. The molecule has 0 unspecified atom stereocenters. The predicted molar refractivity (Wildman–Crippen MR) is 116 cm³/mol. The minimum Gasteiger partial charge on any atom is -0.383 e. The van der Waals surface area contributed by atoms with Gasteiger partial charge >= 0.3 is 0 Å². The maximum atomic E-state index is 12.1. The molecule has 3 heterocycles. The number of hydrogen-bond donors (Lipinski definition) is 1. The van der Waals surface area contributed by atoms with Gasteiger partial charge in [-0.2, -0.15) is 5.10 Å². The monoisotopic (exact) mass is 400 g/mol. The van der Waals surface area contributed by atoms with Crippen molar-refractivity contribution in [3.8, 4) is 11.8 Å². The zero-order valence-electron chi connectivity index (χ0n) is 16.8. The highest BCUT2D eigenvalue weighted by molar-refractivity contribution is 5.90. The number of amides is 1. The van der Waals surface area contributed by atoms with Crippen LogP contribution in [0.15, 0.2) is 49.3 Å². The molecule has 0 spiro atoms. The molecule has 0 aliphatic carbocycles. The molecule has 7 heteroatoms. The molecule has 1 aliphatic rings. The smallest absolute Gasteiger partial charge is 0.246 e. The SMILES string of the molecule is C=CC(=O)N1CCC[C@@H](n2nc(C#CCCc3ccccc3)c3c(N)ncnc32)C1. The summed E-state index contributed by atoms with van der Waals surface area (Å²) in [6.07, 6.45) is 6.19. The standard InChI is InChI=1S/C23H24N6O/c1-2-20(30)28-14-8-12-18(15-28)29-23-21(22(24)25-16-26-23)19(27-29)13-7-6-11-17-9-4-3-5-10-17/h2-5,9-10,16,18H,1,6,8,11-12,14-15H2,(H2,24,25,26)/t18-/m1/s1. The quantitative estimate of drug-likeness (QED) is 0.537. The number of hydrogen-bond acceptors (Lipinski definition) is 5. The number of likely N-dealkylation sites (tertiary alicyclic amines) is 1. The van der Waals surface area contributed by atoms with Crippen LogP contribution in [0.2, 0.25) is 0 Å². The average Bonchev–Trinajstić information content (AvgIpc) is 3.17. The molecule has 1 fully saturated rings. The van der Waals surface area contributed by atoms with Crippen LogP contribution < -0.4 is 5.73 Å². The number of aromatic nitrogens is 4. The van der Waals surface area contributed by atoms with Gasteiger partial charge in [0.25, 0.3) is 0 Å². The lowest BCUT2D eigenvalue weighted by atomic mass is 10.1. The van der Waals surface area contributed by atoms with E-state index >= 15 is 0 Å². The van der Waals surface area contributed by atoms with E-state index in [2.05, 4.69) is 40.5 Å². The van der Waals surface area contributed by atoms with Gasteiger partial charge < -0.3 is 10.6 Å². The van der Waals surface area contributed by atoms with Crippen LogP contribution in [-0.4, -0.2) is 43.6 Å². The zero-order chi connectivity index (χ0) is 20.9. The van der Waals surface area contributed by atoms with Gasteiger partial charge in [0.05, 0.1) is 11.4 Å². The molecule has 30 heavy (non-hydrogen) atoms. The molecule has 2 N–H and O–H groups in total. The Morgan fingerprint density at radius 2 is 2.13 bits per heavy atom. The molecule has 3 aromatic rings. The van der Waals surface area contributed by atoms with Crippen LogP contribution in [0, 0.1) is 11.8 Å². The fourth-order valence-corrected chi connectivity index (χ4v) is 3.82. The normalized spacial score (nSPS) is 16.1. The molecular formula is C23H24N6O. The topological polar surface area (TPSA) is 89.9 Å². The summed E-state index contributed by atoms with van der Waals surface area (Å²) in [6.45, 7) is 4.88. The zero-order valence-corrected chi connectivity index (χ0v) is 16.8. The van der Waals surface area contributed by atoms with Gasteiger partial charge in [0.1, 0.15) is 17.8 Å². The van der Waals surface area contributed by atoms with Crippen molar-refractivity contribution in [1.82, 2.24) is 24.6 Å². The Bertz CT molecular complexity index is 1130.